The highest BCUT2D eigenvalue weighted by Gasteiger charge is 1.94. The number of phenolic OH excluding ortho intramolecular Hbond substituents is 2. The van der Waals surface area contributed by atoms with Crippen molar-refractivity contribution in [3.8, 4) is 17.2 Å². The van der Waals surface area contributed by atoms with Gasteiger partial charge in [-0.1, -0.05) is 56.5 Å². The number of phenols is 2. The maximum absolute atomic E-state index is 8.99. The Hall–Kier alpha value is -3.19. The van der Waals surface area contributed by atoms with E-state index in [1.54, 1.807) is 67.0 Å². The van der Waals surface area contributed by atoms with Crippen LogP contribution in [0.1, 0.15) is 39.5 Å². The van der Waals surface area contributed by atoms with Crippen molar-refractivity contribution in [3.63, 3.8) is 0 Å². The summed E-state index contributed by atoms with van der Waals surface area (Å²) in [5.41, 5.74) is 0. The minimum Gasteiger partial charge on any atom is -0.508 e. The van der Waals surface area contributed by atoms with Gasteiger partial charge < -0.3 is 19.7 Å². The summed E-state index contributed by atoms with van der Waals surface area (Å²) in [6.45, 7) is 6.09. The summed E-state index contributed by atoms with van der Waals surface area (Å²) < 4.78 is 9.98. The van der Waals surface area contributed by atoms with Crippen LogP contribution in [0, 0.1) is 0 Å². The quantitative estimate of drug-likeness (QED) is 0.494. The Bertz CT molecular complexity index is 698. The zero-order chi connectivity index (χ0) is 23.0. The second-order valence-electron chi connectivity index (χ2n) is 6.08. The fourth-order valence-electron chi connectivity index (χ4n) is 2.04. The Morgan fingerprint density at radius 3 is 1.81 bits per heavy atom. The van der Waals surface area contributed by atoms with Crippen molar-refractivity contribution in [1.82, 2.24) is 15.4 Å². The van der Waals surface area contributed by atoms with Gasteiger partial charge in [-0.15, -0.1) is 10.2 Å². The van der Waals surface area contributed by atoms with Crippen LogP contribution < -0.4 is 4.74 Å². The smallest absolute Gasteiger partial charge is 0.160 e. The number of ether oxygens (including phenoxy) is 2. The van der Waals surface area contributed by atoms with Gasteiger partial charge in [0.05, 0.1) is 19.5 Å². The van der Waals surface area contributed by atoms with Crippen molar-refractivity contribution in [3.05, 3.63) is 73.1 Å². The van der Waals surface area contributed by atoms with Gasteiger partial charge in [0.15, 0.2) is 11.5 Å². The van der Waals surface area contributed by atoms with E-state index in [0.29, 0.717) is 11.5 Å². The topological polar surface area (TPSA) is 97.6 Å². The number of unbranched alkanes of at least 4 members (excludes halogenated alkanes) is 3. The largest absolute Gasteiger partial charge is 0.508 e. The SMILES string of the molecule is CCCCCCOCC.COc1ccccc1O.Oc1ccccc1.c1cnnnc1. The Morgan fingerprint density at radius 1 is 0.774 bits per heavy atom. The summed E-state index contributed by atoms with van der Waals surface area (Å²) in [5, 5.41) is 27.7. The lowest BCUT2D eigenvalue weighted by Gasteiger charge is -1.99. The Labute approximate surface area is 185 Å². The summed E-state index contributed by atoms with van der Waals surface area (Å²) in [6.07, 6.45) is 8.39. The molecule has 1 aromatic heterocycles. The molecule has 2 aromatic carbocycles. The molecule has 0 aliphatic rings. The summed E-state index contributed by atoms with van der Waals surface area (Å²) in [6, 6.07) is 17.3. The molecule has 0 atom stereocenters. The lowest BCUT2D eigenvalue weighted by atomic mass is 10.2. The third-order valence-electron chi connectivity index (χ3n) is 3.60. The molecule has 0 fully saturated rings. The molecule has 3 aromatic rings. The van der Waals surface area contributed by atoms with E-state index in [2.05, 4.69) is 22.3 Å². The monoisotopic (exact) mass is 429 g/mol. The molecule has 3 rings (SSSR count). The van der Waals surface area contributed by atoms with E-state index in [4.69, 9.17) is 19.7 Å². The van der Waals surface area contributed by atoms with Crippen LogP contribution in [0.15, 0.2) is 73.1 Å². The predicted molar refractivity (Wildman–Crippen MR) is 123 cm³/mol. The van der Waals surface area contributed by atoms with Crippen LogP contribution in [0.4, 0.5) is 0 Å². The van der Waals surface area contributed by atoms with Gasteiger partial charge in [-0.05, 0) is 48.9 Å². The fourth-order valence-corrected chi connectivity index (χ4v) is 2.04. The molecule has 0 saturated heterocycles. The fraction of sp³-hybridized carbons (Fsp3) is 0.375. The number of hydrogen-bond donors (Lipinski definition) is 2. The molecule has 2 N–H and O–H groups in total. The third kappa shape index (κ3) is 18.6. The van der Waals surface area contributed by atoms with E-state index >= 15 is 0 Å². The van der Waals surface area contributed by atoms with Gasteiger partial charge in [-0.25, -0.2) is 0 Å². The van der Waals surface area contributed by atoms with Crippen LogP contribution in [0.25, 0.3) is 0 Å². The van der Waals surface area contributed by atoms with Gasteiger partial charge in [0.25, 0.3) is 0 Å². The van der Waals surface area contributed by atoms with E-state index in [1.165, 1.54) is 32.8 Å². The van der Waals surface area contributed by atoms with Crippen molar-refractivity contribution in [2.24, 2.45) is 0 Å². The first-order chi connectivity index (χ1) is 15.2. The second-order valence-corrected chi connectivity index (χ2v) is 6.08. The van der Waals surface area contributed by atoms with Crippen LogP contribution in [0.2, 0.25) is 0 Å². The molecule has 170 valence electrons. The maximum atomic E-state index is 8.99. The molecule has 0 spiro atoms. The minimum absolute atomic E-state index is 0.181. The number of methoxy groups -OCH3 is 1. The van der Waals surface area contributed by atoms with Gasteiger partial charge in [-0.3, -0.25) is 0 Å². The molecule has 7 heteroatoms. The Balaban J connectivity index is 0.000000391. The van der Waals surface area contributed by atoms with E-state index in [9.17, 15) is 0 Å². The van der Waals surface area contributed by atoms with Crippen molar-refractivity contribution in [2.45, 2.75) is 39.5 Å². The predicted octanol–water partition coefficient (Wildman–Crippen LogP) is 5.27. The van der Waals surface area contributed by atoms with Crippen LogP contribution in [0.5, 0.6) is 17.2 Å². The average Bonchev–Trinajstić information content (AvgIpc) is 2.82. The lowest BCUT2D eigenvalue weighted by molar-refractivity contribution is 0.143. The van der Waals surface area contributed by atoms with Gasteiger partial charge in [-0.2, -0.15) is 0 Å². The maximum Gasteiger partial charge on any atom is 0.160 e. The molecule has 0 radical (unpaired) electrons. The molecule has 31 heavy (non-hydrogen) atoms. The third-order valence-corrected chi connectivity index (χ3v) is 3.60. The number of para-hydroxylation sites is 3. The van der Waals surface area contributed by atoms with Crippen molar-refractivity contribution in [2.75, 3.05) is 20.3 Å². The van der Waals surface area contributed by atoms with E-state index in [0.717, 1.165) is 13.2 Å². The Morgan fingerprint density at radius 2 is 1.42 bits per heavy atom. The van der Waals surface area contributed by atoms with E-state index in [1.807, 2.05) is 13.0 Å². The standard InChI is InChI=1S/C8H18O.C7H8O2.C6H6O.C3H3N3/c1-3-5-6-7-8-9-4-2;1-9-7-5-3-2-4-6(7)8;7-6-4-2-1-3-5-6;1-2-4-6-5-3-1/h3-8H2,1-2H3;2-5,8H,1H3;1-5,7H;1-3H. The number of aromatic nitrogens is 3. The number of nitrogens with zero attached hydrogens (tertiary/aromatic N) is 3. The summed E-state index contributed by atoms with van der Waals surface area (Å²) in [7, 11) is 1.52. The summed E-state index contributed by atoms with van der Waals surface area (Å²) >= 11 is 0. The normalized spacial score (nSPS) is 9.00. The molecule has 1 heterocycles. The van der Waals surface area contributed by atoms with Gasteiger partial charge >= 0.3 is 0 Å². The van der Waals surface area contributed by atoms with Crippen LogP contribution >= 0.6 is 0 Å². The number of aromatic hydroxyl groups is 2. The van der Waals surface area contributed by atoms with Crippen molar-refractivity contribution < 1.29 is 19.7 Å². The van der Waals surface area contributed by atoms with Gasteiger partial charge in [0.1, 0.15) is 5.75 Å². The molecular formula is C24H35N3O4. The van der Waals surface area contributed by atoms with E-state index in [-0.39, 0.29) is 5.75 Å². The highest BCUT2D eigenvalue weighted by atomic mass is 16.5. The van der Waals surface area contributed by atoms with Crippen LogP contribution in [-0.2, 0) is 4.74 Å². The molecule has 0 amide bonds. The van der Waals surface area contributed by atoms with Crippen LogP contribution in [-0.4, -0.2) is 45.9 Å². The first-order valence-corrected chi connectivity index (χ1v) is 10.4. The highest BCUT2D eigenvalue weighted by Crippen LogP contribution is 2.23. The molecular weight excluding hydrogens is 394 g/mol. The lowest BCUT2D eigenvalue weighted by Crippen LogP contribution is -1.92. The molecule has 0 aliphatic heterocycles. The summed E-state index contributed by atoms with van der Waals surface area (Å²) in [4.78, 5) is 0. The average molecular weight is 430 g/mol. The van der Waals surface area contributed by atoms with Gasteiger partial charge in [0, 0.05) is 13.2 Å². The molecule has 0 unspecified atom stereocenters. The molecule has 0 saturated carbocycles. The minimum atomic E-state index is 0.181. The zero-order valence-electron chi connectivity index (χ0n) is 18.7. The first-order valence-electron chi connectivity index (χ1n) is 10.4. The zero-order valence-corrected chi connectivity index (χ0v) is 18.7. The number of rotatable bonds is 7. The number of hydrogen-bond acceptors (Lipinski definition) is 7. The van der Waals surface area contributed by atoms with Crippen molar-refractivity contribution >= 4 is 0 Å². The first kappa shape index (κ1) is 27.8. The highest BCUT2D eigenvalue weighted by molar-refractivity contribution is 5.37. The summed E-state index contributed by atoms with van der Waals surface area (Å²) in [5.74, 6) is 1.01. The second kappa shape index (κ2) is 21.5. The molecule has 0 aliphatic carbocycles. The number of benzene rings is 2. The Kier molecular flexibility index (Phi) is 19.3. The van der Waals surface area contributed by atoms with E-state index < -0.39 is 0 Å². The van der Waals surface area contributed by atoms with Crippen molar-refractivity contribution in [1.29, 1.82) is 0 Å². The molecule has 0 bridgehead atoms. The van der Waals surface area contributed by atoms with Crippen LogP contribution in [0.3, 0.4) is 0 Å². The molecule has 7 nitrogen and oxygen atoms in total. The van der Waals surface area contributed by atoms with Gasteiger partial charge in [0.2, 0.25) is 0 Å².